The molecule has 0 radical (unpaired) electrons. The Bertz CT molecular complexity index is 764. The Morgan fingerprint density at radius 2 is 1.96 bits per heavy atom. The average molecular weight is 408 g/mol. The smallest absolute Gasteiger partial charge is 0.339 e. The standard InChI is InChI=1S/C18H18ClN3O4S/c19-16-7-3-2-6-14(16)12-27-13-15(23)8-9-17(24)26-21-18(25)22-11-5-1-4-10-20-22/h1-7,10-11H,8-9,12-13H2,(H,21,25). The highest BCUT2D eigenvalue weighted by atomic mass is 35.5. The van der Waals surface area contributed by atoms with E-state index in [1.54, 1.807) is 24.3 Å². The zero-order valence-electron chi connectivity index (χ0n) is 14.3. The van der Waals surface area contributed by atoms with Crippen LogP contribution in [0.5, 0.6) is 0 Å². The molecule has 0 unspecified atom stereocenters. The van der Waals surface area contributed by atoms with Crippen molar-refractivity contribution in [3.05, 3.63) is 59.3 Å². The number of hydrogen-bond donors (Lipinski definition) is 1. The number of hydrogen-bond acceptors (Lipinski definition) is 6. The van der Waals surface area contributed by atoms with Crippen molar-refractivity contribution in [2.24, 2.45) is 5.10 Å². The summed E-state index contributed by atoms with van der Waals surface area (Å²) < 4.78 is 0. The second-order valence-electron chi connectivity index (χ2n) is 5.34. The van der Waals surface area contributed by atoms with E-state index in [1.165, 1.54) is 24.2 Å². The lowest BCUT2D eigenvalue weighted by molar-refractivity contribution is -0.149. The lowest BCUT2D eigenvalue weighted by atomic mass is 10.2. The summed E-state index contributed by atoms with van der Waals surface area (Å²) in [5, 5.41) is 5.44. The molecule has 1 aromatic rings. The fraction of sp³-hybridized carbons (Fsp3) is 0.222. The highest BCUT2D eigenvalue weighted by Gasteiger charge is 2.14. The Morgan fingerprint density at radius 3 is 2.78 bits per heavy atom. The van der Waals surface area contributed by atoms with Crippen LogP contribution in [0.15, 0.2) is 53.8 Å². The molecule has 0 aromatic heterocycles. The summed E-state index contributed by atoms with van der Waals surface area (Å²) in [5.74, 6) is 0.102. The van der Waals surface area contributed by atoms with Gasteiger partial charge in [-0.2, -0.15) is 15.6 Å². The fourth-order valence-electron chi connectivity index (χ4n) is 1.92. The zero-order valence-corrected chi connectivity index (χ0v) is 15.9. The number of nitrogens with one attached hydrogen (secondary N) is 1. The normalized spacial score (nSPS) is 12.6. The Labute approximate surface area is 166 Å². The molecule has 1 aromatic carbocycles. The number of hydrazone groups is 1. The van der Waals surface area contributed by atoms with Crippen LogP contribution in [0.4, 0.5) is 4.79 Å². The number of thioether (sulfide) groups is 1. The lowest BCUT2D eigenvalue weighted by Crippen LogP contribution is -2.35. The quantitative estimate of drug-likeness (QED) is 0.699. The topological polar surface area (TPSA) is 88.1 Å². The van der Waals surface area contributed by atoms with Gasteiger partial charge in [0.2, 0.25) is 0 Å². The van der Waals surface area contributed by atoms with E-state index in [-0.39, 0.29) is 24.4 Å². The summed E-state index contributed by atoms with van der Waals surface area (Å²) in [6, 6.07) is 6.71. The van der Waals surface area contributed by atoms with Crippen LogP contribution in [-0.4, -0.2) is 34.8 Å². The number of Topliss-reactive ketones (excluding diaryl/α,β-unsaturated/α-hetero) is 1. The van der Waals surface area contributed by atoms with Crippen LogP contribution in [0.25, 0.3) is 0 Å². The van der Waals surface area contributed by atoms with Gasteiger partial charge in [-0.05, 0) is 23.8 Å². The number of carbonyl (C=O) groups excluding carboxylic acids is 3. The molecule has 0 atom stereocenters. The van der Waals surface area contributed by atoms with Crippen LogP contribution in [-0.2, 0) is 20.2 Å². The summed E-state index contributed by atoms with van der Waals surface area (Å²) in [4.78, 5) is 39.9. The lowest BCUT2D eigenvalue weighted by Gasteiger charge is -2.12. The highest BCUT2D eigenvalue weighted by molar-refractivity contribution is 7.99. The van der Waals surface area contributed by atoms with Crippen molar-refractivity contribution < 1.29 is 19.2 Å². The maximum atomic E-state index is 11.9. The van der Waals surface area contributed by atoms with E-state index >= 15 is 0 Å². The molecule has 0 saturated heterocycles. The summed E-state index contributed by atoms with van der Waals surface area (Å²) in [5.41, 5.74) is 2.95. The van der Waals surface area contributed by atoms with Crippen LogP contribution in [0.2, 0.25) is 5.02 Å². The van der Waals surface area contributed by atoms with E-state index in [4.69, 9.17) is 11.6 Å². The van der Waals surface area contributed by atoms with E-state index in [2.05, 4.69) is 9.94 Å². The van der Waals surface area contributed by atoms with Crippen molar-refractivity contribution in [2.45, 2.75) is 18.6 Å². The minimum atomic E-state index is -0.721. The zero-order chi connectivity index (χ0) is 19.5. The molecule has 1 heterocycles. The molecule has 0 bridgehead atoms. The first-order valence-electron chi connectivity index (χ1n) is 8.05. The summed E-state index contributed by atoms with van der Waals surface area (Å²) in [7, 11) is 0. The van der Waals surface area contributed by atoms with Gasteiger partial charge in [-0.3, -0.25) is 4.79 Å². The Hall–Kier alpha value is -2.58. The van der Waals surface area contributed by atoms with Crippen LogP contribution in [0.3, 0.4) is 0 Å². The van der Waals surface area contributed by atoms with Gasteiger partial charge in [0.25, 0.3) is 0 Å². The van der Waals surface area contributed by atoms with E-state index in [0.717, 1.165) is 10.6 Å². The number of carbonyl (C=O) groups is 3. The van der Waals surface area contributed by atoms with Gasteiger partial charge >= 0.3 is 12.0 Å². The van der Waals surface area contributed by atoms with E-state index in [9.17, 15) is 14.4 Å². The number of rotatable bonds is 7. The van der Waals surface area contributed by atoms with Crippen molar-refractivity contribution in [2.75, 3.05) is 5.75 Å². The second-order valence-corrected chi connectivity index (χ2v) is 6.73. The molecule has 1 aliphatic rings. The van der Waals surface area contributed by atoms with Gasteiger partial charge in [-0.15, -0.1) is 11.8 Å². The van der Waals surface area contributed by atoms with E-state index in [1.807, 2.05) is 23.7 Å². The third-order valence-corrected chi connectivity index (χ3v) is 4.68. The van der Waals surface area contributed by atoms with Crippen molar-refractivity contribution in [3.8, 4) is 0 Å². The van der Waals surface area contributed by atoms with Gasteiger partial charge in [-0.25, -0.2) is 9.59 Å². The van der Waals surface area contributed by atoms with Crippen LogP contribution >= 0.6 is 23.4 Å². The molecule has 0 aliphatic carbocycles. The third kappa shape index (κ3) is 7.67. The van der Waals surface area contributed by atoms with Crippen molar-refractivity contribution in [3.63, 3.8) is 0 Å². The second kappa shape index (κ2) is 11.2. The predicted octanol–water partition coefficient (Wildman–Crippen LogP) is 3.46. The molecule has 27 heavy (non-hydrogen) atoms. The number of ketones is 1. The number of urea groups is 1. The van der Waals surface area contributed by atoms with Gasteiger partial charge in [0.1, 0.15) is 5.78 Å². The number of halogens is 1. The molecule has 7 nitrogen and oxygen atoms in total. The van der Waals surface area contributed by atoms with Gasteiger partial charge in [0, 0.05) is 29.6 Å². The molecule has 142 valence electrons. The SMILES string of the molecule is O=C(CCC(=O)ONC(=O)N1C=CC=CC=N1)CSCc1ccccc1Cl. The first-order chi connectivity index (χ1) is 13.1. The molecular formula is C18H18ClN3O4S. The largest absolute Gasteiger partial charge is 0.375 e. The summed E-state index contributed by atoms with van der Waals surface area (Å²) >= 11 is 7.48. The summed E-state index contributed by atoms with van der Waals surface area (Å²) in [6.45, 7) is 0. The van der Waals surface area contributed by atoms with Crippen molar-refractivity contribution in [1.82, 2.24) is 10.5 Å². The van der Waals surface area contributed by atoms with Gasteiger partial charge in [0.15, 0.2) is 0 Å². The number of nitrogens with zero attached hydrogens (tertiary/aromatic N) is 2. The first-order valence-corrected chi connectivity index (χ1v) is 9.58. The molecule has 0 spiro atoms. The number of benzene rings is 1. The van der Waals surface area contributed by atoms with E-state index < -0.39 is 12.0 Å². The molecule has 1 N–H and O–H groups in total. The maximum Gasteiger partial charge on any atom is 0.375 e. The number of allylic oxidation sites excluding steroid dienone is 3. The monoisotopic (exact) mass is 407 g/mol. The first kappa shape index (κ1) is 20.7. The third-order valence-electron chi connectivity index (χ3n) is 3.27. The molecule has 2 amide bonds. The van der Waals surface area contributed by atoms with E-state index in [0.29, 0.717) is 10.8 Å². The number of amides is 2. The molecule has 9 heteroatoms. The fourth-order valence-corrected chi connectivity index (χ4v) is 3.14. The van der Waals surface area contributed by atoms with Crippen LogP contribution < -0.4 is 5.48 Å². The Balaban J connectivity index is 1.61. The van der Waals surface area contributed by atoms with Crippen molar-refractivity contribution in [1.29, 1.82) is 0 Å². The number of hydroxylamine groups is 1. The van der Waals surface area contributed by atoms with Crippen LogP contribution in [0, 0.1) is 0 Å². The van der Waals surface area contributed by atoms with Crippen LogP contribution in [0.1, 0.15) is 18.4 Å². The average Bonchev–Trinajstić information content (AvgIpc) is 2.95. The highest BCUT2D eigenvalue weighted by Crippen LogP contribution is 2.20. The minimum Gasteiger partial charge on any atom is -0.339 e. The minimum absolute atomic E-state index is 0.0376. The Morgan fingerprint density at radius 1 is 1.15 bits per heavy atom. The molecule has 0 saturated carbocycles. The molecule has 1 aliphatic heterocycles. The molecular weight excluding hydrogens is 390 g/mol. The predicted molar refractivity (Wildman–Crippen MR) is 105 cm³/mol. The van der Waals surface area contributed by atoms with Gasteiger partial charge in [0.05, 0.1) is 12.2 Å². The Kier molecular flexibility index (Phi) is 8.60. The van der Waals surface area contributed by atoms with Gasteiger partial charge in [-0.1, -0.05) is 35.9 Å². The molecule has 0 fully saturated rings. The maximum absolute atomic E-state index is 11.9. The van der Waals surface area contributed by atoms with Crippen molar-refractivity contribution >= 4 is 47.4 Å². The molecule has 2 rings (SSSR count). The van der Waals surface area contributed by atoms with Gasteiger partial charge < -0.3 is 4.84 Å². The summed E-state index contributed by atoms with van der Waals surface area (Å²) in [6.07, 6.45) is 7.68.